The Morgan fingerprint density at radius 2 is 1.86 bits per heavy atom. The minimum absolute atomic E-state index is 0.000473. The van der Waals surface area contributed by atoms with Crippen LogP contribution in [0.5, 0.6) is 28.7 Å². The Morgan fingerprint density at radius 3 is 2.72 bits per heavy atom. The first-order valence-corrected chi connectivity index (χ1v) is 33.6. The molecule has 446 valence electrons. The standard InChI is InChI=1S/C71H76N4O9S2/c1-38(77)82-34-55-50-12-13-51-62-44(27-47(78)28-59(62)81-3)30-70-22-20-43(29-70)53-26-39-6-4-8-42(24-39)48-21-23-71(37-80-2)45(33-76)31-73-32-54-63(41(10-16-56(48)71)11-17-57-49(53)15-19-61(72)75-57)64(67(55)84-68(50)65(51)70)52-14-18-58-60(83-69(52)66(54)79)36-86-85-35-40-7-5-9-46(25-40)74-58/h4,6,8,12-15,18-19,21,23-24,27-28,40-41,43,45-46,48,53,55-56,58,60-61,67,73-76,78-79H,5,7,9,20,22,25-26,29-37,72H2,1-3H3/t40-,41+,43+,45-,46-,48+,53+,55-,56-,58-,60-,61?,67-,70-,71+/m0/s1. The van der Waals surface area contributed by atoms with Gasteiger partial charge in [-0.15, -0.1) is 0 Å². The van der Waals surface area contributed by atoms with Crippen LogP contribution in [0.25, 0.3) is 17.2 Å². The number of methoxy groups -OCH3 is 2. The number of esters is 1. The second kappa shape index (κ2) is 22.4. The molecule has 1 saturated heterocycles. The molecule has 0 amide bonds. The average Bonchev–Trinajstić information content (AvgIpc) is 1.46. The number of carbonyl (C=O) groups excluding carboxylic acids is 1. The van der Waals surface area contributed by atoms with Crippen molar-refractivity contribution in [2.75, 3.05) is 52.1 Å². The molecule has 15 heteroatoms. The van der Waals surface area contributed by atoms with Crippen LogP contribution >= 0.6 is 21.6 Å². The number of rotatable bonds is 6. The highest BCUT2D eigenvalue weighted by atomic mass is 33.1. The van der Waals surface area contributed by atoms with Crippen LogP contribution in [0, 0.1) is 58.7 Å². The second-order valence-corrected chi connectivity index (χ2v) is 28.8. The monoisotopic (exact) mass is 1190 g/mol. The fourth-order valence-corrected chi connectivity index (χ4v) is 20.2. The Balaban J connectivity index is 1.06. The third-order valence-corrected chi connectivity index (χ3v) is 24.0. The smallest absolute Gasteiger partial charge is 0.302 e. The molecule has 0 radical (unpaired) electrons. The largest absolute Gasteiger partial charge is 0.508 e. The summed E-state index contributed by atoms with van der Waals surface area (Å²) in [7, 11) is 7.15. The van der Waals surface area contributed by atoms with Crippen molar-refractivity contribution < 1.29 is 43.8 Å². The number of allylic oxidation sites excluding steroid dienone is 4. The lowest BCUT2D eigenvalue weighted by atomic mass is 9.64. The SMILES string of the molecule is COC[C@@]12C=C[C@@H]3c4cccc(c4)C[C@H]4C5=C(C#C[C@@H](C#C[C@@H]31)c1c(c(O)c3c(c1[C@H]1Oc6c(ccc7c6[C@]6(CC[C@@H]4C6)Cc4cc(O)cc(OC)c4-7)[C@@H]1COC(C)=O)C=C[C@@H]1N[C@H]4CCC[C@H](CSSC[C@@H]1O3)C4)CNC[C@H]2CO)NC(N)C=C5. The van der Waals surface area contributed by atoms with E-state index in [1.54, 1.807) is 20.3 Å². The van der Waals surface area contributed by atoms with Gasteiger partial charge in [0.15, 0.2) is 11.5 Å². The number of hydrogen-bond donors (Lipinski definition) is 7. The third-order valence-electron chi connectivity index (χ3n) is 21.4. The third kappa shape index (κ3) is 9.39. The lowest BCUT2D eigenvalue weighted by Crippen LogP contribution is -2.49. The zero-order chi connectivity index (χ0) is 58.6. The number of hydrogen-bond acceptors (Lipinski definition) is 15. The number of aromatic hydroxyl groups is 2. The van der Waals surface area contributed by atoms with E-state index in [-0.39, 0.29) is 73.0 Å². The van der Waals surface area contributed by atoms with E-state index in [0.29, 0.717) is 65.5 Å². The van der Waals surface area contributed by atoms with Crippen LogP contribution in [-0.2, 0) is 39.1 Å². The molecule has 1 unspecified atom stereocenters. The minimum Gasteiger partial charge on any atom is -0.508 e. The van der Waals surface area contributed by atoms with Crippen molar-refractivity contribution in [3.05, 3.63) is 140 Å². The van der Waals surface area contributed by atoms with Gasteiger partial charge in [0, 0.05) is 119 Å². The molecule has 86 heavy (non-hydrogen) atoms. The molecule has 15 rings (SSSR count). The van der Waals surface area contributed by atoms with Gasteiger partial charge in [-0.1, -0.05) is 113 Å². The molecule has 4 aromatic carbocycles. The van der Waals surface area contributed by atoms with Crippen LogP contribution < -0.4 is 35.9 Å². The van der Waals surface area contributed by atoms with Crippen molar-refractivity contribution in [2.24, 2.45) is 40.7 Å². The molecule has 8 N–H and O–H groups in total. The number of phenolic OH excluding ortho intramolecular Hbond substituents is 2. The van der Waals surface area contributed by atoms with E-state index in [1.807, 2.05) is 33.7 Å². The predicted octanol–water partition coefficient (Wildman–Crippen LogP) is 10.1. The fourth-order valence-electron chi connectivity index (χ4n) is 17.5. The molecule has 11 bridgehead atoms. The highest BCUT2D eigenvalue weighted by molar-refractivity contribution is 8.76. The van der Waals surface area contributed by atoms with E-state index in [9.17, 15) is 20.1 Å². The lowest BCUT2D eigenvalue weighted by molar-refractivity contribution is -0.141. The van der Waals surface area contributed by atoms with Gasteiger partial charge in [0.1, 0.15) is 42.0 Å². The molecule has 0 aromatic heterocycles. The maximum Gasteiger partial charge on any atom is 0.302 e. The van der Waals surface area contributed by atoms with E-state index >= 15 is 0 Å². The van der Waals surface area contributed by atoms with Gasteiger partial charge in [-0.3, -0.25) is 4.79 Å². The lowest BCUT2D eigenvalue weighted by Gasteiger charge is -2.40. The van der Waals surface area contributed by atoms with Crippen molar-refractivity contribution in [3.63, 3.8) is 0 Å². The van der Waals surface area contributed by atoms with Gasteiger partial charge in [-0.25, -0.2) is 0 Å². The van der Waals surface area contributed by atoms with Gasteiger partial charge in [0.2, 0.25) is 0 Å². The number of dihydropyridines is 1. The van der Waals surface area contributed by atoms with E-state index in [0.717, 1.165) is 100 Å². The highest BCUT2D eigenvalue weighted by Crippen LogP contribution is 2.65. The summed E-state index contributed by atoms with van der Waals surface area (Å²) < 4.78 is 34.2. The summed E-state index contributed by atoms with van der Waals surface area (Å²) in [6.45, 7) is 2.17. The van der Waals surface area contributed by atoms with Gasteiger partial charge >= 0.3 is 5.97 Å². The topological polar surface area (TPSA) is 186 Å². The maximum atomic E-state index is 13.6. The number of ether oxygens (including phenoxy) is 5. The second-order valence-electron chi connectivity index (χ2n) is 26.2. The summed E-state index contributed by atoms with van der Waals surface area (Å²) in [5.74, 6) is 17.2. The van der Waals surface area contributed by atoms with Crippen LogP contribution in [-0.4, -0.2) is 97.7 Å². The zero-order valence-electron chi connectivity index (χ0n) is 49.1. The molecule has 3 fully saturated rings. The number of nitrogens with one attached hydrogen (secondary N) is 3. The summed E-state index contributed by atoms with van der Waals surface area (Å²) >= 11 is 0. The van der Waals surface area contributed by atoms with E-state index < -0.39 is 40.9 Å². The van der Waals surface area contributed by atoms with Gasteiger partial charge in [-0.05, 0) is 121 Å². The Kier molecular flexibility index (Phi) is 14.7. The summed E-state index contributed by atoms with van der Waals surface area (Å²) in [6, 6.07) is 17.2. The fraction of sp³-hybridized carbons (Fsp3) is 0.479. The Morgan fingerprint density at radius 1 is 0.965 bits per heavy atom. The molecule has 15 atom stereocenters. The maximum absolute atomic E-state index is 13.6. The number of nitrogens with two attached hydrogens (primary N) is 1. The van der Waals surface area contributed by atoms with E-state index in [4.69, 9.17) is 29.4 Å². The number of carbonyl (C=O) groups is 1. The van der Waals surface area contributed by atoms with Crippen molar-refractivity contribution in [2.45, 2.75) is 125 Å². The van der Waals surface area contributed by atoms with E-state index in [2.05, 4.69) is 106 Å². The zero-order valence-corrected chi connectivity index (χ0v) is 50.7. The number of fused-ring (bicyclic) bond motifs is 14. The molecule has 1 spiro atoms. The number of aliphatic hydroxyl groups excluding tert-OH is 1. The van der Waals surface area contributed by atoms with Crippen molar-refractivity contribution in [3.8, 4) is 63.6 Å². The number of aliphatic hydroxyl groups is 1. The highest BCUT2D eigenvalue weighted by Gasteiger charge is 2.55. The molecule has 2 saturated carbocycles. The molecule has 6 heterocycles. The first-order chi connectivity index (χ1) is 41.9. The summed E-state index contributed by atoms with van der Waals surface area (Å²) in [5, 5.41) is 48.4. The van der Waals surface area contributed by atoms with Crippen LogP contribution in [0.15, 0.2) is 90.2 Å². The first-order valence-electron chi connectivity index (χ1n) is 31.1. The van der Waals surface area contributed by atoms with Crippen molar-refractivity contribution in [1.29, 1.82) is 0 Å². The number of benzene rings is 4. The van der Waals surface area contributed by atoms with Crippen LogP contribution in [0.2, 0.25) is 0 Å². The first kappa shape index (κ1) is 56.3. The molecule has 4 aromatic rings. The minimum atomic E-state index is -0.871. The quantitative estimate of drug-likeness (QED) is 0.0418. The normalized spacial score (nSPS) is 33.7. The van der Waals surface area contributed by atoms with Gasteiger partial charge < -0.3 is 60.7 Å². The summed E-state index contributed by atoms with van der Waals surface area (Å²) in [4.78, 5) is 13.4. The van der Waals surface area contributed by atoms with Crippen molar-refractivity contribution in [1.82, 2.24) is 16.0 Å². The van der Waals surface area contributed by atoms with Crippen LogP contribution in [0.3, 0.4) is 0 Å². The van der Waals surface area contributed by atoms with E-state index in [1.165, 1.54) is 25.3 Å². The molecule has 13 nitrogen and oxygen atoms in total. The summed E-state index contributed by atoms with van der Waals surface area (Å²) in [6.07, 6.45) is 20.0. The molecule has 6 aliphatic heterocycles. The van der Waals surface area contributed by atoms with Crippen LogP contribution in [0.4, 0.5) is 0 Å². The molecule has 11 aliphatic rings. The van der Waals surface area contributed by atoms with Crippen molar-refractivity contribution >= 4 is 33.6 Å². The predicted molar refractivity (Wildman–Crippen MR) is 336 cm³/mol. The Hall–Kier alpha value is -6.27. The summed E-state index contributed by atoms with van der Waals surface area (Å²) in [5.41, 5.74) is 17.5. The molecular formula is C71H76N4O9S2. The van der Waals surface area contributed by atoms with Crippen LogP contribution in [0.1, 0.15) is 126 Å². The van der Waals surface area contributed by atoms with Gasteiger partial charge in [0.25, 0.3) is 0 Å². The Bertz CT molecular complexity index is 3700. The van der Waals surface area contributed by atoms with Gasteiger partial charge in [0.05, 0.1) is 37.5 Å². The Labute approximate surface area is 512 Å². The molecule has 5 aliphatic carbocycles. The number of phenols is 2. The van der Waals surface area contributed by atoms with Gasteiger partial charge in [-0.2, -0.15) is 0 Å². The average molecular weight is 1190 g/mol. The molecular weight excluding hydrogens is 1120 g/mol.